The molecular weight excluding hydrogens is 304 g/mol. The summed E-state index contributed by atoms with van der Waals surface area (Å²) >= 11 is 0. The molecule has 0 unspecified atom stereocenters. The predicted molar refractivity (Wildman–Crippen MR) is 92.4 cm³/mol. The maximum atomic E-state index is 12.1. The zero-order valence-electron chi connectivity index (χ0n) is 13.6. The van der Waals surface area contributed by atoms with Gasteiger partial charge in [-0.2, -0.15) is 0 Å². The highest BCUT2D eigenvalue weighted by Crippen LogP contribution is 2.25. The summed E-state index contributed by atoms with van der Waals surface area (Å²) < 4.78 is 5.49. The molecule has 1 aliphatic heterocycles. The third-order valence-electron chi connectivity index (χ3n) is 3.92. The van der Waals surface area contributed by atoms with Crippen LogP contribution in [0.15, 0.2) is 42.5 Å². The van der Waals surface area contributed by atoms with Gasteiger partial charge in [0.05, 0.1) is 6.61 Å². The first-order valence-electron chi connectivity index (χ1n) is 8.02. The van der Waals surface area contributed by atoms with Crippen molar-refractivity contribution in [3.8, 4) is 5.75 Å². The normalized spacial score (nSPS) is 12.2. The Morgan fingerprint density at radius 3 is 2.67 bits per heavy atom. The standard InChI is InChI=1S/C19H20N2O3/c1-13(22)21-17-5-3-15(4-6-17)19(23)20-10-8-14-2-7-18-16(12-14)9-11-24-18/h2-7,12H,8-11H2,1H3,(H,20,23)(H,21,22). The number of nitrogens with one attached hydrogen (secondary N) is 2. The Kier molecular flexibility index (Phi) is 4.79. The van der Waals surface area contributed by atoms with Gasteiger partial charge in [-0.25, -0.2) is 0 Å². The van der Waals surface area contributed by atoms with E-state index in [0.29, 0.717) is 17.8 Å². The van der Waals surface area contributed by atoms with Gasteiger partial charge in [-0.3, -0.25) is 9.59 Å². The molecule has 0 bridgehead atoms. The van der Waals surface area contributed by atoms with E-state index in [9.17, 15) is 9.59 Å². The summed E-state index contributed by atoms with van der Waals surface area (Å²) in [6, 6.07) is 13.0. The molecule has 0 aliphatic carbocycles. The Bertz CT molecular complexity index is 754. The van der Waals surface area contributed by atoms with Gasteiger partial charge in [0.1, 0.15) is 5.75 Å². The molecule has 0 fully saturated rings. The van der Waals surface area contributed by atoms with E-state index in [1.807, 2.05) is 12.1 Å². The van der Waals surface area contributed by atoms with Crippen LogP contribution >= 0.6 is 0 Å². The first kappa shape index (κ1) is 16.1. The van der Waals surface area contributed by atoms with E-state index < -0.39 is 0 Å². The maximum absolute atomic E-state index is 12.1. The topological polar surface area (TPSA) is 67.4 Å². The second kappa shape index (κ2) is 7.17. The zero-order valence-corrected chi connectivity index (χ0v) is 13.6. The van der Waals surface area contributed by atoms with Crippen molar-refractivity contribution >= 4 is 17.5 Å². The van der Waals surface area contributed by atoms with Gasteiger partial charge in [-0.1, -0.05) is 12.1 Å². The predicted octanol–water partition coefficient (Wildman–Crippen LogP) is 2.55. The summed E-state index contributed by atoms with van der Waals surface area (Å²) in [5.74, 6) is 0.725. The van der Waals surface area contributed by atoms with Crippen molar-refractivity contribution in [3.05, 3.63) is 59.2 Å². The van der Waals surface area contributed by atoms with Gasteiger partial charge in [0, 0.05) is 31.1 Å². The fourth-order valence-corrected chi connectivity index (χ4v) is 2.73. The van der Waals surface area contributed by atoms with E-state index in [4.69, 9.17) is 4.74 Å². The fraction of sp³-hybridized carbons (Fsp3) is 0.263. The van der Waals surface area contributed by atoms with Crippen LogP contribution in [0.1, 0.15) is 28.4 Å². The van der Waals surface area contributed by atoms with Crippen molar-refractivity contribution < 1.29 is 14.3 Å². The van der Waals surface area contributed by atoms with Crippen LogP contribution in [-0.4, -0.2) is 25.0 Å². The Balaban J connectivity index is 1.51. The summed E-state index contributed by atoms with van der Waals surface area (Å²) in [5.41, 5.74) is 3.69. The average molecular weight is 324 g/mol. The van der Waals surface area contributed by atoms with Gasteiger partial charge >= 0.3 is 0 Å². The number of carbonyl (C=O) groups excluding carboxylic acids is 2. The van der Waals surface area contributed by atoms with E-state index in [0.717, 1.165) is 25.2 Å². The van der Waals surface area contributed by atoms with E-state index in [1.165, 1.54) is 18.1 Å². The Morgan fingerprint density at radius 2 is 1.92 bits per heavy atom. The molecule has 2 N–H and O–H groups in total. The molecule has 0 saturated heterocycles. The molecule has 24 heavy (non-hydrogen) atoms. The molecule has 5 heteroatoms. The molecule has 3 rings (SSSR count). The monoisotopic (exact) mass is 324 g/mol. The van der Waals surface area contributed by atoms with Crippen LogP contribution in [0.5, 0.6) is 5.75 Å². The number of anilines is 1. The van der Waals surface area contributed by atoms with Crippen LogP contribution in [0.2, 0.25) is 0 Å². The second-order valence-corrected chi connectivity index (χ2v) is 5.80. The molecule has 124 valence electrons. The minimum atomic E-state index is -0.132. The molecule has 5 nitrogen and oxygen atoms in total. The second-order valence-electron chi connectivity index (χ2n) is 5.80. The molecule has 0 saturated carbocycles. The third-order valence-corrected chi connectivity index (χ3v) is 3.92. The minimum absolute atomic E-state index is 0.117. The van der Waals surface area contributed by atoms with Gasteiger partial charge in [0.15, 0.2) is 0 Å². The maximum Gasteiger partial charge on any atom is 0.251 e. The lowest BCUT2D eigenvalue weighted by Gasteiger charge is -2.08. The molecule has 1 aliphatic rings. The molecule has 1 heterocycles. The molecular formula is C19H20N2O3. The van der Waals surface area contributed by atoms with Crippen LogP contribution in [0.3, 0.4) is 0 Å². The van der Waals surface area contributed by atoms with Gasteiger partial charge in [0.2, 0.25) is 5.91 Å². The molecule has 0 spiro atoms. The number of benzene rings is 2. The van der Waals surface area contributed by atoms with Crippen LogP contribution < -0.4 is 15.4 Å². The number of fused-ring (bicyclic) bond motifs is 1. The SMILES string of the molecule is CC(=O)Nc1ccc(C(=O)NCCc2ccc3c(c2)CCO3)cc1. The Labute approximate surface area is 141 Å². The highest BCUT2D eigenvalue weighted by molar-refractivity contribution is 5.95. The van der Waals surface area contributed by atoms with Crippen molar-refractivity contribution in [2.45, 2.75) is 19.8 Å². The van der Waals surface area contributed by atoms with Crippen molar-refractivity contribution in [3.63, 3.8) is 0 Å². The Hall–Kier alpha value is -2.82. The Morgan fingerprint density at radius 1 is 1.12 bits per heavy atom. The number of ether oxygens (including phenoxy) is 1. The third kappa shape index (κ3) is 3.93. The number of hydrogen-bond donors (Lipinski definition) is 2. The van der Waals surface area contributed by atoms with Gasteiger partial charge in [-0.15, -0.1) is 0 Å². The minimum Gasteiger partial charge on any atom is -0.493 e. The van der Waals surface area contributed by atoms with Crippen LogP contribution in [0.25, 0.3) is 0 Å². The summed E-state index contributed by atoms with van der Waals surface area (Å²) in [4.78, 5) is 23.1. The lowest BCUT2D eigenvalue weighted by Crippen LogP contribution is -2.25. The average Bonchev–Trinajstić information content (AvgIpc) is 3.02. The first-order valence-corrected chi connectivity index (χ1v) is 8.02. The number of carbonyl (C=O) groups is 2. The summed E-state index contributed by atoms with van der Waals surface area (Å²) in [7, 11) is 0. The highest BCUT2D eigenvalue weighted by atomic mass is 16.5. The zero-order chi connectivity index (χ0) is 16.9. The number of rotatable bonds is 5. The lowest BCUT2D eigenvalue weighted by atomic mass is 10.1. The van der Waals surface area contributed by atoms with E-state index in [-0.39, 0.29) is 11.8 Å². The summed E-state index contributed by atoms with van der Waals surface area (Å²) in [5, 5.41) is 5.59. The summed E-state index contributed by atoms with van der Waals surface area (Å²) in [6.07, 6.45) is 1.74. The van der Waals surface area contributed by atoms with Crippen LogP contribution in [0, 0.1) is 0 Å². The first-order chi connectivity index (χ1) is 11.6. The van der Waals surface area contributed by atoms with E-state index in [2.05, 4.69) is 16.7 Å². The fourth-order valence-electron chi connectivity index (χ4n) is 2.73. The van der Waals surface area contributed by atoms with Crippen molar-refractivity contribution in [2.75, 3.05) is 18.5 Å². The van der Waals surface area contributed by atoms with Gasteiger partial charge < -0.3 is 15.4 Å². The van der Waals surface area contributed by atoms with E-state index >= 15 is 0 Å². The molecule has 0 atom stereocenters. The van der Waals surface area contributed by atoms with Gasteiger partial charge in [-0.05, 0) is 47.9 Å². The molecule has 2 aromatic carbocycles. The largest absolute Gasteiger partial charge is 0.493 e. The van der Waals surface area contributed by atoms with Gasteiger partial charge in [0.25, 0.3) is 5.91 Å². The van der Waals surface area contributed by atoms with Crippen molar-refractivity contribution in [1.29, 1.82) is 0 Å². The quantitative estimate of drug-likeness (QED) is 0.888. The number of hydrogen-bond acceptors (Lipinski definition) is 3. The molecule has 0 radical (unpaired) electrons. The smallest absolute Gasteiger partial charge is 0.251 e. The van der Waals surface area contributed by atoms with Crippen LogP contribution in [0.4, 0.5) is 5.69 Å². The van der Waals surface area contributed by atoms with Crippen molar-refractivity contribution in [2.24, 2.45) is 0 Å². The number of amides is 2. The summed E-state index contributed by atoms with van der Waals surface area (Å²) in [6.45, 7) is 2.78. The van der Waals surface area contributed by atoms with Crippen molar-refractivity contribution in [1.82, 2.24) is 5.32 Å². The highest BCUT2D eigenvalue weighted by Gasteiger charge is 2.12. The molecule has 2 aromatic rings. The molecule has 2 amide bonds. The lowest BCUT2D eigenvalue weighted by molar-refractivity contribution is -0.114. The van der Waals surface area contributed by atoms with Crippen LogP contribution in [-0.2, 0) is 17.6 Å². The molecule has 0 aromatic heterocycles. The van der Waals surface area contributed by atoms with E-state index in [1.54, 1.807) is 24.3 Å².